The highest BCUT2D eigenvalue weighted by atomic mass is 15.1. The first-order valence-corrected chi connectivity index (χ1v) is 5.65. The van der Waals surface area contributed by atoms with Crippen molar-refractivity contribution >= 4 is 5.82 Å². The van der Waals surface area contributed by atoms with E-state index in [1.807, 2.05) is 12.3 Å². The van der Waals surface area contributed by atoms with E-state index in [1.54, 1.807) is 0 Å². The molecule has 2 N–H and O–H groups in total. The highest BCUT2D eigenvalue weighted by molar-refractivity contribution is 5.30. The fraction of sp³-hybridized carbons (Fsp3) is 0.583. The largest absolute Gasteiger partial charge is 0.384 e. The van der Waals surface area contributed by atoms with E-state index >= 15 is 0 Å². The Morgan fingerprint density at radius 1 is 1.33 bits per heavy atom. The van der Waals surface area contributed by atoms with Gasteiger partial charge in [-0.2, -0.15) is 0 Å². The van der Waals surface area contributed by atoms with Crippen molar-refractivity contribution in [3.63, 3.8) is 0 Å². The van der Waals surface area contributed by atoms with E-state index in [2.05, 4.69) is 23.0 Å². The lowest BCUT2D eigenvalue weighted by Crippen LogP contribution is -2.18. The third-order valence-corrected chi connectivity index (χ3v) is 3.23. The summed E-state index contributed by atoms with van der Waals surface area (Å²) >= 11 is 0. The van der Waals surface area contributed by atoms with Gasteiger partial charge in [0.2, 0.25) is 0 Å². The van der Waals surface area contributed by atoms with E-state index < -0.39 is 0 Å². The maximum atomic E-state index is 5.59. The van der Waals surface area contributed by atoms with Crippen LogP contribution >= 0.6 is 0 Å². The third-order valence-electron chi connectivity index (χ3n) is 3.23. The number of nitrogen functional groups attached to an aromatic ring is 1. The molecular weight excluding hydrogens is 186 g/mol. The average Bonchev–Trinajstić information content (AvgIpc) is 2.44. The lowest BCUT2D eigenvalue weighted by Gasteiger charge is -2.14. The number of pyridine rings is 1. The van der Waals surface area contributed by atoms with Crippen LogP contribution in [0.1, 0.15) is 30.7 Å². The minimum atomic E-state index is 0.615. The van der Waals surface area contributed by atoms with Crippen LogP contribution in [0.4, 0.5) is 5.82 Å². The van der Waals surface area contributed by atoms with E-state index in [4.69, 9.17) is 5.73 Å². The third kappa shape index (κ3) is 2.69. The summed E-state index contributed by atoms with van der Waals surface area (Å²) in [7, 11) is 2.20. The van der Waals surface area contributed by atoms with Gasteiger partial charge in [0.1, 0.15) is 5.82 Å². The highest BCUT2D eigenvalue weighted by Gasteiger charge is 2.16. The minimum absolute atomic E-state index is 0.615. The Hall–Kier alpha value is -1.09. The molecule has 0 amide bonds. The van der Waals surface area contributed by atoms with Crippen molar-refractivity contribution in [1.29, 1.82) is 0 Å². The molecule has 1 atom stereocenters. The molecule has 82 valence electrons. The summed E-state index contributed by atoms with van der Waals surface area (Å²) in [5, 5.41) is 0. The van der Waals surface area contributed by atoms with Crippen LogP contribution in [0.15, 0.2) is 18.3 Å². The number of nitrogens with two attached hydrogens (primary N) is 1. The number of anilines is 1. The van der Waals surface area contributed by atoms with Crippen LogP contribution in [-0.2, 0) is 0 Å². The molecule has 1 aromatic heterocycles. The van der Waals surface area contributed by atoms with Crippen LogP contribution in [0, 0.1) is 0 Å². The maximum absolute atomic E-state index is 5.59. The molecule has 2 heterocycles. The van der Waals surface area contributed by atoms with Crippen LogP contribution < -0.4 is 5.73 Å². The molecule has 0 saturated carbocycles. The zero-order valence-corrected chi connectivity index (χ0v) is 9.32. The number of nitrogens with zero attached hydrogens (tertiary/aromatic N) is 2. The average molecular weight is 205 g/mol. The van der Waals surface area contributed by atoms with Gasteiger partial charge in [0.15, 0.2) is 0 Å². The SMILES string of the molecule is CN1CCCC(c2ccc(N)nc2)CC1. The van der Waals surface area contributed by atoms with Crippen molar-refractivity contribution in [2.24, 2.45) is 0 Å². The second-order valence-corrected chi connectivity index (χ2v) is 4.45. The predicted octanol–water partition coefficient (Wildman–Crippen LogP) is 1.86. The number of aromatic nitrogens is 1. The summed E-state index contributed by atoms with van der Waals surface area (Å²) in [6.45, 7) is 2.41. The molecule has 1 unspecified atom stereocenters. The highest BCUT2D eigenvalue weighted by Crippen LogP contribution is 2.27. The summed E-state index contributed by atoms with van der Waals surface area (Å²) in [5.74, 6) is 1.28. The Balaban J connectivity index is 2.06. The fourth-order valence-corrected chi connectivity index (χ4v) is 2.23. The first kappa shape index (κ1) is 10.4. The quantitative estimate of drug-likeness (QED) is 0.761. The molecule has 3 heteroatoms. The Kier molecular flexibility index (Phi) is 3.21. The molecule has 1 aliphatic rings. The van der Waals surface area contributed by atoms with Crippen LogP contribution in [0.5, 0.6) is 0 Å². The second kappa shape index (κ2) is 4.62. The Labute approximate surface area is 91.3 Å². The van der Waals surface area contributed by atoms with Gasteiger partial charge in [-0.1, -0.05) is 6.07 Å². The van der Waals surface area contributed by atoms with Gasteiger partial charge in [-0.05, 0) is 56.9 Å². The van der Waals surface area contributed by atoms with Crippen molar-refractivity contribution in [2.45, 2.75) is 25.2 Å². The molecule has 0 spiro atoms. The first-order chi connectivity index (χ1) is 7.25. The summed E-state index contributed by atoms with van der Waals surface area (Å²) in [6, 6.07) is 4.03. The molecule has 0 aromatic carbocycles. The zero-order chi connectivity index (χ0) is 10.7. The summed E-state index contributed by atoms with van der Waals surface area (Å²) in [6.07, 6.45) is 5.73. The second-order valence-electron chi connectivity index (χ2n) is 4.45. The molecular formula is C12H19N3. The van der Waals surface area contributed by atoms with Crippen LogP contribution in [0.2, 0.25) is 0 Å². The van der Waals surface area contributed by atoms with Crippen molar-refractivity contribution in [2.75, 3.05) is 25.9 Å². The summed E-state index contributed by atoms with van der Waals surface area (Å²) in [5.41, 5.74) is 6.94. The number of hydrogen-bond donors (Lipinski definition) is 1. The zero-order valence-electron chi connectivity index (χ0n) is 9.32. The molecule has 15 heavy (non-hydrogen) atoms. The molecule has 1 saturated heterocycles. The van der Waals surface area contributed by atoms with Gasteiger partial charge >= 0.3 is 0 Å². The molecule has 1 fully saturated rings. The van der Waals surface area contributed by atoms with Crippen molar-refractivity contribution in [1.82, 2.24) is 9.88 Å². The van der Waals surface area contributed by atoms with Crippen molar-refractivity contribution < 1.29 is 0 Å². The van der Waals surface area contributed by atoms with E-state index in [0.29, 0.717) is 11.7 Å². The predicted molar refractivity (Wildman–Crippen MR) is 62.7 cm³/mol. The first-order valence-electron chi connectivity index (χ1n) is 5.65. The molecule has 0 bridgehead atoms. The fourth-order valence-electron chi connectivity index (χ4n) is 2.23. The van der Waals surface area contributed by atoms with E-state index in [1.165, 1.54) is 37.9 Å². The van der Waals surface area contributed by atoms with E-state index in [-0.39, 0.29) is 0 Å². The summed E-state index contributed by atoms with van der Waals surface area (Å²) in [4.78, 5) is 6.58. The minimum Gasteiger partial charge on any atom is -0.384 e. The van der Waals surface area contributed by atoms with Crippen molar-refractivity contribution in [3.05, 3.63) is 23.9 Å². The maximum Gasteiger partial charge on any atom is 0.123 e. The van der Waals surface area contributed by atoms with Gasteiger partial charge in [-0.25, -0.2) is 4.98 Å². The lowest BCUT2D eigenvalue weighted by atomic mass is 9.93. The monoisotopic (exact) mass is 205 g/mol. The van der Waals surface area contributed by atoms with Gasteiger partial charge in [0, 0.05) is 6.20 Å². The molecule has 1 aromatic rings. The standard InChI is InChI=1S/C12H19N3/c1-15-7-2-3-10(6-8-15)11-4-5-12(13)14-9-11/h4-5,9-10H,2-3,6-8H2,1H3,(H2,13,14). The molecule has 0 aliphatic carbocycles. The van der Waals surface area contributed by atoms with Gasteiger partial charge in [0.25, 0.3) is 0 Å². The Morgan fingerprint density at radius 2 is 2.20 bits per heavy atom. The molecule has 2 rings (SSSR count). The van der Waals surface area contributed by atoms with Crippen LogP contribution in [-0.4, -0.2) is 30.0 Å². The Bertz CT molecular complexity index is 307. The number of rotatable bonds is 1. The van der Waals surface area contributed by atoms with Gasteiger partial charge in [-0.3, -0.25) is 0 Å². The van der Waals surface area contributed by atoms with Crippen LogP contribution in [0.25, 0.3) is 0 Å². The van der Waals surface area contributed by atoms with Gasteiger partial charge < -0.3 is 10.6 Å². The smallest absolute Gasteiger partial charge is 0.123 e. The van der Waals surface area contributed by atoms with Gasteiger partial charge in [0.05, 0.1) is 0 Å². The lowest BCUT2D eigenvalue weighted by molar-refractivity contribution is 0.347. The summed E-state index contributed by atoms with van der Waals surface area (Å²) < 4.78 is 0. The number of hydrogen-bond acceptors (Lipinski definition) is 3. The topological polar surface area (TPSA) is 42.1 Å². The normalized spacial score (nSPS) is 23.7. The van der Waals surface area contributed by atoms with Crippen molar-refractivity contribution in [3.8, 4) is 0 Å². The van der Waals surface area contributed by atoms with E-state index in [0.717, 1.165) is 0 Å². The molecule has 3 nitrogen and oxygen atoms in total. The van der Waals surface area contributed by atoms with E-state index in [9.17, 15) is 0 Å². The molecule has 0 radical (unpaired) electrons. The Morgan fingerprint density at radius 3 is 2.93 bits per heavy atom. The van der Waals surface area contributed by atoms with Crippen LogP contribution in [0.3, 0.4) is 0 Å². The molecule has 1 aliphatic heterocycles. The van der Waals surface area contributed by atoms with Gasteiger partial charge in [-0.15, -0.1) is 0 Å². The number of likely N-dealkylation sites (tertiary alicyclic amines) is 1.